The van der Waals surface area contributed by atoms with Gasteiger partial charge in [0.25, 0.3) is 5.91 Å². The first kappa shape index (κ1) is 18.7. The SMILES string of the molecule is CCOc1ccc(Br)cc1C(=O)Nc1ccccc1OCC1CCCO1. The summed E-state index contributed by atoms with van der Waals surface area (Å²) in [6.07, 6.45) is 2.19. The fourth-order valence-electron chi connectivity index (χ4n) is 2.80. The van der Waals surface area contributed by atoms with Crippen molar-refractivity contribution in [1.82, 2.24) is 0 Å². The third-order valence-corrected chi connectivity index (χ3v) is 4.56. The molecule has 0 bridgehead atoms. The Morgan fingerprint density at radius 1 is 1.23 bits per heavy atom. The molecule has 6 heteroatoms. The van der Waals surface area contributed by atoms with E-state index < -0.39 is 0 Å². The number of nitrogens with one attached hydrogen (secondary N) is 1. The van der Waals surface area contributed by atoms with Gasteiger partial charge in [-0.2, -0.15) is 0 Å². The van der Waals surface area contributed by atoms with Gasteiger partial charge in [-0.25, -0.2) is 0 Å². The maximum Gasteiger partial charge on any atom is 0.259 e. The fourth-order valence-corrected chi connectivity index (χ4v) is 3.17. The standard InChI is InChI=1S/C20H22BrNO4/c1-2-24-18-10-9-14(21)12-16(18)20(23)22-17-7-3-4-8-19(17)26-13-15-6-5-11-25-15/h3-4,7-10,12,15H,2,5-6,11,13H2,1H3,(H,22,23). The average molecular weight is 420 g/mol. The van der Waals surface area contributed by atoms with E-state index in [-0.39, 0.29) is 12.0 Å². The van der Waals surface area contributed by atoms with Crippen molar-refractivity contribution < 1.29 is 19.0 Å². The second-order valence-electron chi connectivity index (χ2n) is 5.97. The summed E-state index contributed by atoms with van der Waals surface area (Å²) < 4.78 is 17.8. The summed E-state index contributed by atoms with van der Waals surface area (Å²) in [5.74, 6) is 0.929. The van der Waals surface area contributed by atoms with Crippen LogP contribution in [0.25, 0.3) is 0 Å². The zero-order valence-corrected chi connectivity index (χ0v) is 16.3. The number of ether oxygens (including phenoxy) is 3. The second-order valence-corrected chi connectivity index (χ2v) is 6.89. The lowest BCUT2D eigenvalue weighted by Crippen LogP contribution is -2.18. The Morgan fingerprint density at radius 3 is 2.85 bits per heavy atom. The number of hydrogen-bond acceptors (Lipinski definition) is 4. The Labute approximate surface area is 161 Å². The highest BCUT2D eigenvalue weighted by Gasteiger charge is 2.18. The molecule has 3 rings (SSSR count). The van der Waals surface area contributed by atoms with Crippen LogP contribution in [0, 0.1) is 0 Å². The molecule has 1 heterocycles. The molecule has 1 atom stereocenters. The molecule has 5 nitrogen and oxygen atoms in total. The van der Waals surface area contributed by atoms with Crippen LogP contribution in [-0.2, 0) is 4.74 Å². The molecule has 0 radical (unpaired) electrons. The van der Waals surface area contributed by atoms with Crippen molar-refractivity contribution in [2.75, 3.05) is 25.1 Å². The van der Waals surface area contributed by atoms with Crippen molar-refractivity contribution in [3.63, 3.8) is 0 Å². The Balaban J connectivity index is 1.74. The number of rotatable bonds is 7. The van der Waals surface area contributed by atoms with Crippen molar-refractivity contribution >= 4 is 27.5 Å². The number of carbonyl (C=O) groups excluding carboxylic acids is 1. The molecule has 0 saturated carbocycles. The summed E-state index contributed by atoms with van der Waals surface area (Å²) in [6, 6.07) is 12.8. The molecule has 1 N–H and O–H groups in total. The number of carbonyl (C=O) groups is 1. The lowest BCUT2D eigenvalue weighted by atomic mass is 10.1. The van der Waals surface area contributed by atoms with Gasteiger partial charge < -0.3 is 19.5 Å². The highest BCUT2D eigenvalue weighted by atomic mass is 79.9. The molecule has 0 aromatic heterocycles. The minimum absolute atomic E-state index is 0.119. The molecule has 1 fully saturated rings. The molecule has 1 aliphatic rings. The van der Waals surface area contributed by atoms with Crippen LogP contribution in [-0.4, -0.2) is 31.8 Å². The lowest BCUT2D eigenvalue weighted by molar-refractivity contribution is 0.0682. The van der Waals surface area contributed by atoms with Crippen LogP contribution in [0.15, 0.2) is 46.9 Å². The first-order chi connectivity index (χ1) is 12.7. The third kappa shape index (κ3) is 4.77. The summed E-state index contributed by atoms with van der Waals surface area (Å²) in [6.45, 7) is 3.64. The number of halogens is 1. The first-order valence-corrected chi connectivity index (χ1v) is 9.54. The van der Waals surface area contributed by atoms with E-state index >= 15 is 0 Å². The van der Waals surface area contributed by atoms with E-state index in [0.717, 1.165) is 23.9 Å². The third-order valence-electron chi connectivity index (χ3n) is 4.07. The smallest absolute Gasteiger partial charge is 0.259 e. The van der Waals surface area contributed by atoms with Gasteiger partial charge >= 0.3 is 0 Å². The van der Waals surface area contributed by atoms with Crippen molar-refractivity contribution in [2.24, 2.45) is 0 Å². The molecule has 1 amide bonds. The van der Waals surface area contributed by atoms with Gasteiger partial charge in [-0.15, -0.1) is 0 Å². The van der Waals surface area contributed by atoms with Crippen molar-refractivity contribution in [3.05, 3.63) is 52.5 Å². The minimum Gasteiger partial charge on any atom is -0.493 e. The van der Waals surface area contributed by atoms with E-state index in [9.17, 15) is 4.79 Å². The first-order valence-electron chi connectivity index (χ1n) is 8.74. The van der Waals surface area contributed by atoms with Crippen molar-refractivity contribution in [2.45, 2.75) is 25.9 Å². The van der Waals surface area contributed by atoms with Crippen LogP contribution < -0.4 is 14.8 Å². The number of anilines is 1. The molecule has 0 spiro atoms. The van der Waals surface area contributed by atoms with E-state index in [1.165, 1.54) is 0 Å². The van der Waals surface area contributed by atoms with Crippen LogP contribution >= 0.6 is 15.9 Å². The Morgan fingerprint density at radius 2 is 2.08 bits per heavy atom. The summed E-state index contributed by atoms with van der Waals surface area (Å²) in [4.78, 5) is 12.8. The average Bonchev–Trinajstić information content (AvgIpc) is 3.16. The summed E-state index contributed by atoms with van der Waals surface area (Å²) in [5.41, 5.74) is 1.09. The molecule has 26 heavy (non-hydrogen) atoms. The minimum atomic E-state index is -0.247. The predicted octanol–water partition coefficient (Wildman–Crippen LogP) is 4.66. The van der Waals surface area contributed by atoms with Gasteiger partial charge in [-0.3, -0.25) is 4.79 Å². The quantitative estimate of drug-likeness (QED) is 0.708. The van der Waals surface area contributed by atoms with Crippen LogP contribution in [0.2, 0.25) is 0 Å². The van der Waals surface area contributed by atoms with E-state index in [1.807, 2.05) is 37.3 Å². The normalized spacial score (nSPS) is 16.3. The molecule has 0 aliphatic carbocycles. The molecular formula is C20H22BrNO4. The summed E-state index contributed by atoms with van der Waals surface area (Å²) in [7, 11) is 0. The van der Waals surface area contributed by atoms with Gasteiger partial charge in [-0.1, -0.05) is 28.1 Å². The van der Waals surface area contributed by atoms with Crippen LogP contribution in [0.3, 0.4) is 0 Å². The van der Waals surface area contributed by atoms with Gasteiger partial charge in [0.05, 0.1) is 24.0 Å². The summed E-state index contributed by atoms with van der Waals surface area (Å²) >= 11 is 3.40. The maximum absolute atomic E-state index is 12.8. The largest absolute Gasteiger partial charge is 0.493 e. The maximum atomic E-state index is 12.8. The van der Waals surface area contributed by atoms with E-state index in [2.05, 4.69) is 21.2 Å². The zero-order chi connectivity index (χ0) is 18.4. The number of amides is 1. The van der Waals surface area contributed by atoms with Crippen molar-refractivity contribution in [3.8, 4) is 11.5 Å². The Bertz CT molecular complexity index is 759. The van der Waals surface area contributed by atoms with E-state index in [0.29, 0.717) is 36.0 Å². The second kappa shape index (κ2) is 9.05. The highest BCUT2D eigenvalue weighted by Crippen LogP contribution is 2.28. The Kier molecular flexibility index (Phi) is 6.52. The molecule has 2 aromatic rings. The topological polar surface area (TPSA) is 56.8 Å². The molecule has 1 aliphatic heterocycles. The van der Waals surface area contributed by atoms with Crippen LogP contribution in [0.5, 0.6) is 11.5 Å². The highest BCUT2D eigenvalue weighted by molar-refractivity contribution is 9.10. The Hall–Kier alpha value is -2.05. The fraction of sp³-hybridized carbons (Fsp3) is 0.350. The van der Waals surface area contributed by atoms with Crippen LogP contribution in [0.1, 0.15) is 30.1 Å². The lowest BCUT2D eigenvalue weighted by Gasteiger charge is -2.16. The van der Waals surface area contributed by atoms with Crippen molar-refractivity contribution in [1.29, 1.82) is 0 Å². The molecule has 138 valence electrons. The van der Waals surface area contributed by atoms with Crippen LogP contribution in [0.4, 0.5) is 5.69 Å². The van der Waals surface area contributed by atoms with Gasteiger partial charge in [0.2, 0.25) is 0 Å². The molecule has 1 unspecified atom stereocenters. The molecule has 1 saturated heterocycles. The van der Waals surface area contributed by atoms with Gasteiger partial charge in [0, 0.05) is 11.1 Å². The number of para-hydroxylation sites is 2. The van der Waals surface area contributed by atoms with E-state index in [4.69, 9.17) is 14.2 Å². The van der Waals surface area contributed by atoms with E-state index in [1.54, 1.807) is 12.1 Å². The monoisotopic (exact) mass is 419 g/mol. The summed E-state index contributed by atoms with van der Waals surface area (Å²) in [5, 5.41) is 2.92. The van der Waals surface area contributed by atoms with Gasteiger partial charge in [-0.05, 0) is 50.1 Å². The number of hydrogen-bond donors (Lipinski definition) is 1. The number of benzene rings is 2. The molecule has 2 aromatic carbocycles. The molecular weight excluding hydrogens is 398 g/mol. The predicted molar refractivity (Wildman–Crippen MR) is 104 cm³/mol. The van der Waals surface area contributed by atoms with Gasteiger partial charge in [0.15, 0.2) is 0 Å². The van der Waals surface area contributed by atoms with Gasteiger partial charge in [0.1, 0.15) is 18.1 Å². The zero-order valence-electron chi connectivity index (χ0n) is 14.7.